The number of nitrogens with zero attached hydrogens (tertiary/aromatic N) is 2. The Hall–Kier alpha value is -2.19. The van der Waals surface area contributed by atoms with E-state index in [1.807, 2.05) is 0 Å². The van der Waals surface area contributed by atoms with Crippen LogP contribution in [0.15, 0.2) is 41.9 Å². The molecule has 3 aromatic rings. The van der Waals surface area contributed by atoms with Crippen molar-refractivity contribution in [3.63, 3.8) is 0 Å². The fourth-order valence-corrected chi connectivity index (χ4v) is 3.41. The Morgan fingerprint density at radius 1 is 1.07 bits per heavy atom. The highest BCUT2D eigenvalue weighted by molar-refractivity contribution is 7.14. The van der Waals surface area contributed by atoms with Crippen molar-refractivity contribution in [2.24, 2.45) is 0 Å². The smallest absolute Gasteiger partial charge is 0.258 e. The number of carbonyl (C=O) groups is 2. The Bertz CT molecular complexity index is 992. The first-order valence-electron chi connectivity index (χ1n) is 7.53. The summed E-state index contributed by atoms with van der Waals surface area (Å²) in [5, 5.41) is 8.43. The van der Waals surface area contributed by atoms with Crippen molar-refractivity contribution >= 4 is 68.8 Å². The second-order valence-electron chi connectivity index (χ2n) is 5.32. The number of rotatable bonds is 5. The van der Waals surface area contributed by atoms with E-state index in [1.54, 1.807) is 23.6 Å². The predicted octanol–water partition coefficient (Wildman–Crippen LogP) is 4.93. The highest BCUT2D eigenvalue weighted by atomic mass is 35.5. The van der Waals surface area contributed by atoms with E-state index in [9.17, 15) is 9.59 Å². The third-order valence-electron chi connectivity index (χ3n) is 3.30. The summed E-state index contributed by atoms with van der Waals surface area (Å²) >= 11 is 18.8. The number of pyridine rings is 1. The highest BCUT2D eigenvalue weighted by Crippen LogP contribution is 2.23. The Morgan fingerprint density at radius 2 is 1.89 bits per heavy atom. The molecule has 0 unspecified atom stereocenters. The van der Waals surface area contributed by atoms with Crippen LogP contribution >= 0.6 is 46.1 Å². The van der Waals surface area contributed by atoms with Gasteiger partial charge in [0.25, 0.3) is 5.91 Å². The van der Waals surface area contributed by atoms with Gasteiger partial charge in [0, 0.05) is 10.4 Å². The minimum Gasteiger partial charge on any atom is -0.324 e. The first-order valence-corrected chi connectivity index (χ1v) is 9.54. The van der Waals surface area contributed by atoms with Crippen molar-refractivity contribution in [3.8, 4) is 0 Å². The monoisotopic (exact) mass is 440 g/mol. The molecule has 1 aromatic carbocycles. The van der Waals surface area contributed by atoms with Crippen molar-refractivity contribution in [1.29, 1.82) is 0 Å². The molecule has 2 heterocycles. The number of carbonyl (C=O) groups excluding carboxylic acids is 2. The van der Waals surface area contributed by atoms with Gasteiger partial charge < -0.3 is 5.32 Å². The van der Waals surface area contributed by atoms with E-state index in [4.69, 9.17) is 34.8 Å². The molecule has 0 atom stereocenters. The van der Waals surface area contributed by atoms with Crippen molar-refractivity contribution in [2.45, 2.75) is 6.42 Å². The van der Waals surface area contributed by atoms with Crippen molar-refractivity contribution < 1.29 is 9.59 Å². The van der Waals surface area contributed by atoms with Crippen LogP contribution in [0.5, 0.6) is 0 Å². The van der Waals surface area contributed by atoms with Crippen LogP contribution in [0.1, 0.15) is 16.1 Å². The van der Waals surface area contributed by atoms with Gasteiger partial charge in [-0.3, -0.25) is 14.9 Å². The van der Waals surface area contributed by atoms with Crippen LogP contribution in [0, 0.1) is 0 Å². The molecule has 10 heteroatoms. The molecule has 2 amide bonds. The highest BCUT2D eigenvalue weighted by Gasteiger charge is 2.14. The number of amides is 2. The maximum absolute atomic E-state index is 12.3. The number of aromatic nitrogens is 2. The molecule has 2 N–H and O–H groups in total. The standard InChI is InChI=1S/C17H11Cl3N4O2S/c18-9-1-3-12(13(19)5-9)16(26)24-17-23-11(8-27-17)6-15(25)22-10-2-4-14(20)21-7-10/h1-5,7-8H,6H2,(H,22,25)(H,23,24,26). The second kappa shape index (κ2) is 8.67. The summed E-state index contributed by atoms with van der Waals surface area (Å²) < 4.78 is 0. The molecule has 138 valence electrons. The van der Waals surface area contributed by atoms with Gasteiger partial charge in [0.2, 0.25) is 5.91 Å². The Balaban J connectivity index is 1.60. The maximum Gasteiger partial charge on any atom is 0.258 e. The third kappa shape index (κ3) is 5.40. The van der Waals surface area contributed by atoms with Gasteiger partial charge in [-0.2, -0.15) is 0 Å². The Morgan fingerprint density at radius 3 is 2.59 bits per heavy atom. The van der Waals surface area contributed by atoms with E-state index in [1.165, 1.54) is 29.7 Å². The SMILES string of the molecule is O=C(Cc1csc(NC(=O)c2ccc(Cl)cc2Cl)n1)Nc1ccc(Cl)nc1. The number of hydrogen-bond acceptors (Lipinski definition) is 5. The second-order valence-corrected chi connectivity index (χ2v) is 7.41. The summed E-state index contributed by atoms with van der Waals surface area (Å²) in [5.41, 5.74) is 1.34. The number of anilines is 2. The number of thiazole rings is 1. The Labute approximate surface area is 173 Å². The average Bonchev–Trinajstić information content (AvgIpc) is 3.03. The number of benzene rings is 1. The van der Waals surface area contributed by atoms with Crippen LogP contribution in [0.2, 0.25) is 15.2 Å². The van der Waals surface area contributed by atoms with Crippen LogP contribution in [0.3, 0.4) is 0 Å². The fraction of sp³-hybridized carbons (Fsp3) is 0.0588. The molecule has 0 saturated carbocycles. The lowest BCUT2D eigenvalue weighted by atomic mass is 10.2. The molecule has 0 spiro atoms. The van der Waals surface area contributed by atoms with E-state index < -0.39 is 5.91 Å². The van der Waals surface area contributed by atoms with E-state index in [-0.39, 0.29) is 22.9 Å². The van der Waals surface area contributed by atoms with Gasteiger partial charge in [0.15, 0.2) is 5.13 Å². The molecule has 0 radical (unpaired) electrons. The zero-order chi connectivity index (χ0) is 19.4. The number of halogens is 3. The van der Waals surface area contributed by atoms with Gasteiger partial charge >= 0.3 is 0 Å². The fourth-order valence-electron chi connectivity index (χ4n) is 2.10. The van der Waals surface area contributed by atoms with E-state index in [2.05, 4.69) is 20.6 Å². The van der Waals surface area contributed by atoms with Crippen LogP contribution < -0.4 is 10.6 Å². The van der Waals surface area contributed by atoms with E-state index in [0.717, 1.165) is 0 Å². The summed E-state index contributed by atoms with van der Waals surface area (Å²) in [4.78, 5) is 32.5. The molecule has 0 fully saturated rings. The molecule has 0 saturated heterocycles. The average molecular weight is 442 g/mol. The topological polar surface area (TPSA) is 84.0 Å². The molecule has 2 aromatic heterocycles. The van der Waals surface area contributed by atoms with Crippen LogP contribution in [-0.2, 0) is 11.2 Å². The number of nitrogens with one attached hydrogen (secondary N) is 2. The summed E-state index contributed by atoms with van der Waals surface area (Å²) in [7, 11) is 0. The normalized spacial score (nSPS) is 10.5. The molecule has 27 heavy (non-hydrogen) atoms. The summed E-state index contributed by atoms with van der Waals surface area (Å²) in [6.07, 6.45) is 1.51. The summed E-state index contributed by atoms with van der Waals surface area (Å²) in [5.74, 6) is -0.669. The minimum atomic E-state index is -0.408. The molecule has 0 aliphatic heterocycles. The van der Waals surface area contributed by atoms with E-state index >= 15 is 0 Å². The summed E-state index contributed by atoms with van der Waals surface area (Å²) in [6.45, 7) is 0. The van der Waals surface area contributed by atoms with Crippen LogP contribution in [-0.4, -0.2) is 21.8 Å². The van der Waals surface area contributed by atoms with Gasteiger partial charge in [-0.1, -0.05) is 34.8 Å². The lowest BCUT2D eigenvalue weighted by molar-refractivity contribution is -0.115. The first kappa shape index (κ1) is 19.6. The third-order valence-corrected chi connectivity index (χ3v) is 4.88. The number of hydrogen-bond donors (Lipinski definition) is 2. The lowest BCUT2D eigenvalue weighted by Crippen LogP contribution is -2.15. The molecule has 0 aliphatic rings. The zero-order valence-electron chi connectivity index (χ0n) is 13.5. The van der Waals surface area contributed by atoms with Crippen LogP contribution in [0.4, 0.5) is 10.8 Å². The largest absolute Gasteiger partial charge is 0.324 e. The quantitative estimate of drug-likeness (QED) is 0.550. The van der Waals surface area contributed by atoms with Crippen molar-refractivity contribution in [2.75, 3.05) is 10.6 Å². The van der Waals surface area contributed by atoms with Gasteiger partial charge in [-0.25, -0.2) is 9.97 Å². The minimum absolute atomic E-state index is 0.0523. The molecular formula is C17H11Cl3N4O2S. The molecule has 0 aliphatic carbocycles. The molecule has 3 rings (SSSR count). The van der Waals surface area contributed by atoms with Gasteiger partial charge in [0.05, 0.1) is 34.6 Å². The maximum atomic E-state index is 12.3. The molecular weight excluding hydrogens is 431 g/mol. The molecule has 0 bridgehead atoms. The van der Waals surface area contributed by atoms with Crippen molar-refractivity contribution in [3.05, 3.63) is 68.4 Å². The van der Waals surface area contributed by atoms with E-state index in [0.29, 0.717) is 26.7 Å². The van der Waals surface area contributed by atoms with Gasteiger partial charge in [-0.05, 0) is 30.3 Å². The van der Waals surface area contributed by atoms with Gasteiger partial charge in [-0.15, -0.1) is 11.3 Å². The van der Waals surface area contributed by atoms with Crippen LogP contribution in [0.25, 0.3) is 0 Å². The lowest BCUT2D eigenvalue weighted by Gasteiger charge is -2.04. The zero-order valence-corrected chi connectivity index (χ0v) is 16.6. The summed E-state index contributed by atoms with van der Waals surface area (Å²) in [6, 6.07) is 7.82. The van der Waals surface area contributed by atoms with Crippen molar-refractivity contribution in [1.82, 2.24) is 9.97 Å². The van der Waals surface area contributed by atoms with Gasteiger partial charge in [0.1, 0.15) is 5.15 Å². The first-order chi connectivity index (χ1) is 12.9. The predicted molar refractivity (Wildman–Crippen MR) is 108 cm³/mol. The molecule has 6 nitrogen and oxygen atoms in total. The Kier molecular flexibility index (Phi) is 6.28.